The van der Waals surface area contributed by atoms with E-state index in [0.29, 0.717) is 6.07 Å². The van der Waals surface area contributed by atoms with Gasteiger partial charge in [0.15, 0.2) is 5.13 Å². The normalized spacial score (nSPS) is 11.5. The van der Waals surface area contributed by atoms with Gasteiger partial charge in [0.1, 0.15) is 16.5 Å². The fourth-order valence-corrected chi connectivity index (χ4v) is 3.32. The molecule has 19 heavy (non-hydrogen) atoms. The lowest BCUT2D eigenvalue weighted by atomic mass is 10.3. The van der Waals surface area contributed by atoms with Gasteiger partial charge in [0, 0.05) is 17.1 Å². The van der Waals surface area contributed by atoms with Crippen molar-refractivity contribution in [2.75, 3.05) is 10.5 Å². The fourth-order valence-electron chi connectivity index (χ4n) is 1.32. The van der Waals surface area contributed by atoms with E-state index in [1.165, 1.54) is 6.20 Å². The van der Waals surface area contributed by atoms with Crippen LogP contribution in [0.3, 0.4) is 0 Å². The Labute approximate surface area is 112 Å². The van der Waals surface area contributed by atoms with Crippen LogP contribution in [-0.4, -0.2) is 13.4 Å². The van der Waals surface area contributed by atoms with Crippen molar-refractivity contribution in [3.05, 3.63) is 34.8 Å². The van der Waals surface area contributed by atoms with Crippen LogP contribution >= 0.6 is 11.3 Å². The Morgan fingerprint density at radius 2 is 2.00 bits per heavy atom. The minimum absolute atomic E-state index is 0.0970. The predicted octanol–water partition coefficient (Wildman–Crippen LogP) is 2.11. The molecule has 0 amide bonds. The number of aromatic nitrogens is 1. The number of benzene rings is 1. The summed E-state index contributed by atoms with van der Waals surface area (Å²) >= 11 is 1.09. The molecule has 0 bridgehead atoms. The average Bonchev–Trinajstić information content (AvgIpc) is 2.68. The highest BCUT2D eigenvalue weighted by Gasteiger charge is 2.22. The number of aryl methyl sites for hydroxylation is 1. The quantitative estimate of drug-likeness (QED) is 0.851. The topological polar surface area (TPSA) is 85.1 Å². The van der Waals surface area contributed by atoms with Crippen LogP contribution in [0.2, 0.25) is 0 Å². The molecule has 5 nitrogen and oxygen atoms in total. The summed E-state index contributed by atoms with van der Waals surface area (Å²) in [7, 11) is -4.19. The zero-order chi connectivity index (χ0) is 14.2. The smallest absolute Gasteiger partial charge is 0.266 e. The number of hydrogen-bond acceptors (Lipinski definition) is 5. The van der Waals surface area contributed by atoms with Crippen LogP contribution in [0.25, 0.3) is 0 Å². The molecule has 2 aromatic rings. The fraction of sp³-hybridized carbons (Fsp3) is 0.100. The van der Waals surface area contributed by atoms with Gasteiger partial charge in [-0.25, -0.2) is 22.2 Å². The molecule has 0 saturated carbocycles. The maximum Gasteiger partial charge on any atom is 0.266 e. The average molecular weight is 305 g/mol. The summed E-state index contributed by atoms with van der Waals surface area (Å²) in [4.78, 5) is 3.86. The van der Waals surface area contributed by atoms with Crippen LogP contribution in [0, 0.1) is 18.6 Å². The number of hydrogen-bond donors (Lipinski definition) is 2. The number of nitrogens with two attached hydrogens (primary N) is 1. The van der Waals surface area contributed by atoms with E-state index in [2.05, 4.69) is 9.71 Å². The summed E-state index contributed by atoms with van der Waals surface area (Å²) in [5.74, 6) is -2.23. The number of nitrogens with zero attached hydrogens (tertiary/aromatic N) is 1. The lowest BCUT2D eigenvalue weighted by Crippen LogP contribution is -2.15. The highest BCUT2D eigenvalue weighted by atomic mass is 32.2. The van der Waals surface area contributed by atoms with Gasteiger partial charge in [-0.15, -0.1) is 11.3 Å². The molecule has 0 spiro atoms. The van der Waals surface area contributed by atoms with E-state index < -0.39 is 32.2 Å². The number of rotatable bonds is 3. The van der Waals surface area contributed by atoms with Crippen molar-refractivity contribution in [3.63, 3.8) is 0 Å². The Bertz CT molecular complexity index is 728. The summed E-state index contributed by atoms with van der Waals surface area (Å²) < 4.78 is 52.5. The van der Waals surface area contributed by atoms with Gasteiger partial charge in [-0.1, -0.05) is 0 Å². The van der Waals surface area contributed by atoms with E-state index in [1.54, 1.807) is 6.92 Å². The highest BCUT2D eigenvalue weighted by Crippen LogP contribution is 2.25. The van der Waals surface area contributed by atoms with Crippen LogP contribution in [0.4, 0.5) is 19.6 Å². The third-order valence-electron chi connectivity index (χ3n) is 2.18. The first kappa shape index (κ1) is 13.7. The molecule has 9 heteroatoms. The van der Waals surface area contributed by atoms with Crippen LogP contribution < -0.4 is 10.5 Å². The van der Waals surface area contributed by atoms with Gasteiger partial charge in [0.05, 0.1) is 5.69 Å². The van der Waals surface area contributed by atoms with Gasteiger partial charge in [0.25, 0.3) is 10.0 Å². The lowest BCUT2D eigenvalue weighted by Gasteiger charge is -2.07. The highest BCUT2D eigenvalue weighted by molar-refractivity contribution is 7.93. The van der Waals surface area contributed by atoms with Gasteiger partial charge in [0.2, 0.25) is 0 Å². The van der Waals surface area contributed by atoms with E-state index >= 15 is 0 Å². The first-order valence-electron chi connectivity index (χ1n) is 4.99. The molecule has 1 aromatic heterocycles. The van der Waals surface area contributed by atoms with Gasteiger partial charge < -0.3 is 5.73 Å². The number of anilines is 2. The summed E-state index contributed by atoms with van der Waals surface area (Å²) in [6.45, 7) is 1.74. The number of thiazole rings is 1. The lowest BCUT2D eigenvalue weighted by molar-refractivity contribution is 0.553. The second kappa shape index (κ2) is 4.74. The zero-order valence-electron chi connectivity index (χ0n) is 9.65. The van der Waals surface area contributed by atoms with E-state index in [-0.39, 0.29) is 5.13 Å². The summed E-state index contributed by atoms with van der Waals surface area (Å²) in [5.41, 5.74) is 4.79. The van der Waals surface area contributed by atoms with Crippen molar-refractivity contribution < 1.29 is 17.2 Å². The molecule has 0 atom stereocenters. The van der Waals surface area contributed by atoms with Crippen molar-refractivity contribution in [1.82, 2.24) is 4.98 Å². The van der Waals surface area contributed by atoms with Crippen molar-refractivity contribution in [2.45, 2.75) is 11.8 Å². The standard InChI is InChI=1S/C10H9F2N3O2S2/c1-5-4-14-10(18-5)15-19(16,17)9-3-8(13)6(11)2-7(9)12/h2-4H,13H2,1H3,(H,14,15). The Morgan fingerprint density at radius 1 is 1.32 bits per heavy atom. The van der Waals surface area contributed by atoms with Crippen molar-refractivity contribution in [1.29, 1.82) is 0 Å². The molecular weight excluding hydrogens is 296 g/mol. The van der Waals surface area contributed by atoms with Crippen LogP contribution in [-0.2, 0) is 10.0 Å². The number of halogens is 2. The van der Waals surface area contributed by atoms with Gasteiger partial charge in [-0.05, 0) is 13.0 Å². The van der Waals surface area contributed by atoms with Crippen LogP contribution in [0.1, 0.15) is 4.88 Å². The third-order valence-corrected chi connectivity index (χ3v) is 4.50. The maximum absolute atomic E-state index is 13.5. The van der Waals surface area contributed by atoms with E-state index in [1.807, 2.05) is 0 Å². The molecule has 0 radical (unpaired) electrons. The molecule has 1 heterocycles. The molecule has 2 rings (SSSR count). The molecule has 0 aliphatic rings. The SMILES string of the molecule is Cc1cnc(NS(=O)(=O)c2cc(N)c(F)cc2F)s1. The van der Waals surface area contributed by atoms with E-state index in [0.717, 1.165) is 22.3 Å². The molecule has 3 N–H and O–H groups in total. The molecule has 0 aliphatic heterocycles. The van der Waals surface area contributed by atoms with Crippen LogP contribution in [0.5, 0.6) is 0 Å². The first-order chi connectivity index (χ1) is 8.79. The van der Waals surface area contributed by atoms with Crippen molar-refractivity contribution in [2.24, 2.45) is 0 Å². The van der Waals surface area contributed by atoms with Gasteiger partial charge in [-0.2, -0.15) is 0 Å². The Hall–Kier alpha value is -1.74. The second-order valence-electron chi connectivity index (χ2n) is 3.69. The summed E-state index contributed by atoms with van der Waals surface area (Å²) in [6.07, 6.45) is 1.47. The summed E-state index contributed by atoms with van der Waals surface area (Å²) in [6, 6.07) is 1.16. The predicted molar refractivity (Wildman–Crippen MR) is 68.4 cm³/mol. The van der Waals surface area contributed by atoms with E-state index in [9.17, 15) is 17.2 Å². The summed E-state index contributed by atoms with van der Waals surface area (Å²) in [5, 5.41) is 0.0970. The Morgan fingerprint density at radius 3 is 2.58 bits per heavy atom. The molecule has 0 saturated heterocycles. The molecule has 0 fully saturated rings. The van der Waals surface area contributed by atoms with E-state index in [4.69, 9.17) is 5.73 Å². The van der Waals surface area contributed by atoms with Crippen molar-refractivity contribution in [3.8, 4) is 0 Å². The van der Waals surface area contributed by atoms with Crippen LogP contribution in [0.15, 0.2) is 23.2 Å². The third kappa shape index (κ3) is 2.82. The molecular formula is C10H9F2N3O2S2. The second-order valence-corrected chi connectivity index (χ2v) is 6.57. The number of sulfonamides is 1. The monoisotopic (exact) mass is 305 g/mol. The Kier molecular flexibility index (Phi) is 3.42. The maximum atomic E-state index is 13.5. The molecule has 0 unspecified atom stereocenters. The molecule has 102 valence electrons. The van der Waals surface area contributed by atoms with Gasteiger partial charge >= 0.3 is 0 Å². The molecule has 1 aromatic carbocycles. The first-order valence-corrected chi connectivity index (χ1v) is 7.29. The number of nitrogen functional groups attached to an aromatic ring is 1. The minimum atomic E-state index is -4.19. The Balaban J connectivity index is 2.42. The zero-order valence-corrected chi connectivity index (χ0v) is 11.3. The van der Waals surface area contributed by atoms with Crippen molar-refractivity contribution >= 4 is 32.2 Å². The number of nitrogens with one attached hydrogen (secondary N) is 1. The minimum Gasteiger partial charge on any atom is -0.396 e. The largest absolute Gasteiger partial charge is 0.396 e. The molecule has 0 aliphatic carbocycles. The van der Waals surface area contributed by atoms with Gasteiger partial charge in [-0.3, -0.25) is 4.72 Å².